The second-order valence-electron chi connectivity index (χ2n) is 6.70. The van der Waals surface area contributed by atoms with Crippen LogP contribution in [0.15, 0.2) is 42.5 Å². The highest BCUT2D eigenvalue weighted by molar-refractivity contribution is 5.93. The van der Waals surface area contributed by atoms with Gasteiger partial charge in [0.1, 0.15) is 0 Å². The highest BCUT2D eigenvalue weighted by Crippen LogP contribution is 2.33. The lowest BCUT2D eigenvalue weighted by Gasteiger charge is -2.05. The lowest BCUT2D eigenvalue weighted by atomic mass is 10.0. The molecule has 4 nitrogen and oxygen atoms in total. The van der Waals surface area contributed by atoms with Gasteiger partial charge in [0.2, 0.25) is 0 Å². The van der Waals surface area contributed by atoms with Crippen LogP contribution in [0.25, 0.3) is 33.5 Å². The lowest BCUT2D eigenvalue weighted by molar-refractivity contribution is 0.747. The third-order valence-electron chi connectivity index (χ3n) is 5.04. The maximum atomic E-state index is 5.70. The van der Waals surface area contributed by atoms with Crippen molar-refractivity contribution in [2.45, 2.75) is 26.2 Å². The largest absolute Gasteiger partial charge is 0.352 e. The van der Waals surface area contributed by atoms with Crippen molar-refractivity contribution in [1.82, 2.24) is 14.5 Å². The molecule has 0 saturated heterocycles. The molecule has 4 aromatic rings. The molecular formula is C21H24N4. The summed E-state index contributed by atoms with van der Waals surface area (Å²) < 4.78 is 2.18. The number of fused-ring (bicyclic) bond motifs is 2. The van der Waals surface area contributed by atoms with Gasteiger partial charge < -0.3 is 15.3 Å². The van der Waals surface area contributed by atoms with E-state index in [2.05, 4.69) is 59.9 Å². The van der Waals surface area contributed by atoms with Crippen LogP contribution in [-0.4, -0.2) is 21.1 Å². The Morgan fingerprint density at radius 1 is 1.08 bits per heavy atom. The van der Waals surface area contributed by atoms with Crippen LogP contribution >= 0.6 is 0 Å². The van der Waals surface area contributed by atoms with Crippen molar-refractivity contribution in [2.24, 2.45) is 12.8 Å². The van der Waals surface area contributed by atoms with E-state index in [0.717, 1.165) is 48.4 Å². The fourth-order valence-electron chi connectivity index (χ4n) is 3.69. The van der Waals surface area contributed by atoms with Crippen molar-refractivity contribution in [3.05, 3.63) is 53.6 Å². The van der Waals surface area contributed by atoms with Gasteiger partial charge in [0.05, 0.1) is 16.7 Å². The van der Waals surface area contributed by atoms with E-state index in [4.69, 9.17) is 10.7 Å². The molecule has 3 N–H and O–H groups in total. The minimum absolute atomic E-state index is 0.739. The number of benzene rings is 2. The van der Waals surface area contributed by atoms with Gasteiger partial charge in [-0.05, 0) is 56.0 Å². The van der Waals surface area contributed by atoms with Gasteiger partial charge in [-0.1, -0.05) is 30.3 Å². The molecular weight excluding hydrogens is 308 g/mol. The highest BCUT2D eigenvalue weighted by atomic mass is 15.1. The number of nitrogens with two attached hydrogens (primary N) is 1. The van der Waals surface area contributed by atoms with Gasteiger partial charge >= 0.3 is 0 Å². The van der Waals surface area contributed by atoms with Gasteiger partial charge in [0.15, 0.2) is 5.82 Å². The van der Waals surface area contributed by atoms with Crippen LogP contribution in [0.1, 0.15) is 24.0 Å². The number of aryl methyl sites for hydroxylation is 3. The van der Waals surface area contributed by atoms with Crippen LogP contribution in [0.5, 0.6) is 0 Å². The molecule has 0 atom stereocenters. The predicted molar refractivity (Wildman–Crippen MR) is 105 cm³/mol. The standard InChI is InChI=1S/C21H24N4/c1-14-8-7-10-15-16(9-5-6-13-22)20(24-19(14)15)21-23-17-11-3-4-12-18(17)25(21)2/h3-4,7-8,10-12,24H,5-6,9,13,22H2,1-2H3. The van der Waals surface area contributed by atoms with E-state index in [1.165, 1.54) is 22.0 Å². The Balaban J connectivity index is 1.94. The number of nitrogens with zero attached hydrogens (tertiary/aromatic N) is 2. The molecule has 0 unspecified atom stereocenters. The zero-order valence-corrected chi connectivity index (χ0v) is 14.8. The molecule has 0 radical (unpaired) electrons. The first-order chi connectivity index (χ1) is 12.2. The molecule has 2 aromatic heterocycles. The molecule has 0 aliphatic rings. The van der Waals surface area contributed by atoms with E-state index < -0.39 is 0 Å². The molecule has 0 fully saturated rings. The highest BCUT2D eigenvalue weighted by Gasteiger charge is 2.18. The average molecular weight is 332 g/mol. The minimum atomic E-state index is 0.739. The van der Waals surface area contributed by atoms with E-state index in [1.807, 2.05) is 6.07 Å². The van der Waals surface area contributed by atoms with E-state index >= 15 is 0 Å². The normalized spacial score (nSPS) is 11.6. The molecule has 2 aromatic carbocycles. The maximum Gasteiger partial charge on any atom is 0.157 e. The van der Waals surface area contributed by atoms with Crippen molar-refractivity contribution >= 4 is 21.9 Å². The Morgan fingerprint density at radius 2 is 1.92 bits per heavy atom. The van der Waals surface area contributed by atoms with E-state index in [1.54, 1.807) is 0 Å². The first-order valence-corrected chi connectivity index (χ1v) is 8.92. The van der Waals surface area contributed by atoms with E-state index in [9.17, 15) is 0 Å². The number of hydrogen-bond donors (Lipinski definition) is 2. The molecule has 2 heterocycles. The molecule has 128 valence electrons. The summed E-state index contributed by atoms with van der Waals surface area (Å²) in [6.07, 6.45) is 3.15. The molecule has 0 bridgehead atoms. The van der Waals surface area contributed by atoms with Gasteiger partial charge in [-0.2, -0.15) is 0 Å². The molecule has 0 amide bonds. The monoisotopic (exact) mass is 332 g/mol. The van der Waals surface area contributed by atoms with Gasteiger partial charge in [-0.15, -0.1) is 0 Å². The van der Waals surface area contributed by atoms with Crippen LogP contribution in [0.3, 0.4) is 0 Å². The summed E-state index contributed by atoms with van der Waals surface area (Å²) in [5.74, 6) is 1.000. The summed E-state index contributed by atoms with van der Waals surface area (Å²) in [5.41, 5.74) is 12.9. The smallest absolute Gasteiger partial charge is 0.157 e. The fourth-order valence-corrected chi connectivity index (χ4v) is 3.69. The Morgan fingerprint density at radius 3 is 2.72 bits per heavy atom. The molecule has 0 aliphatic heterocycles. The maximum absolute atomic E-state index is 5.70. The summed E-state index contributed by atoms with van der Waals surface area (Å²) in [6, 6.07) is 14.8. The second-order valence-corrected chi connectivity index (χ2v) is 6.70. The first-order valence-electron chi connectivity index (χ1n) is 8.92. The van der Waals surface area contributed by atoms with Gasteiger partial charge in [-0.3, -0.25) is 0 Å². The van der Waals surface area contributed by atoms with Gasteiger partial charge in [-0.25, -0.2) is 4.98 Å². The van der Waals surface area contributed by atoms with Crippen LogP contribution in [0.4, 0.5) is 0 Å². The van der Waals surface area contributed by atoms with Crippen molar-refractivity contribution in [2.75, 3.05) is 6.54 Å². The molecule has 25 heavy (non-hydrogen) atoms. The fraction of sp³-hybridized carbons (Fsp3) is 0.286. The third kappa shape index (κ3) is 2.63. The number of H-pyrrole nitrogens is 1. The van der Waals surface area contributed by atoms with Crippen LogP contribution in [-0.2, 0) is 13.5 Å². The zero-order chi connectivity index (χ0) is 17.4. The SMILES string of the molecule is Cc1cccc2c(CCCCN)c(-c3nc4ccccc4n3C)[nH]c12. The summed E-state index contributed by atoms with van der Waals surface area (Å²) >= 11 is 0. The number of hydrogen-bond acceptors (Lipinski definition) is 2. The van der Waals surface area contributed by atoms with Crippen LogP contribution in [0, 0.1) is 6.92 Å². The van der Waals surface area contributed by atoms with Crippen LogP contribution < -0.4 is 5.73 Å². The molecule has 0 aliphatic carbocycles. The quantitative estimate of drug-likeness (QED) is 0.535. The van der Waals surface area contributed by atoms with Gasteiger partial charge in [0, 0.05) is 18.0 Å². The number of imidazole rings is 1. The Hall–Kier alpha value is -2.59. The van der Waals surface area contributed by atoms with Gasteiger partial charge in [0.25, 0.3) is 0 Å². The predicted octanol–water partition coefficient (Wildman–Crippen LogP) is 4.31. The number of para-hydroxylation sites is 3. The number of aromatic nitrogens is 3. The summed E-state index contributed by atoms with van der Waals surface area (Å²) in [6.45, 7) is 2.89. The Labute approximate surface area is 147 Å². The number of unbranched alkanes of at least 4 members (excludes halogenated alkanes) is 1. The van der Waals surface area contributed by atoms with Crippen molar-refractivity contribution < 1.29 is 0 Å². The molecule has 0 spiro atoms. The zero-order valence-electron chi connectivity index (χ0n) is 14.8. The summed E-state index contributed by atoms with van der Waals surface area (Å²) in [7, 11) is 2.09. The van der Waals surface area contributed by atoms with Crippen molar-refractivity contribution in [3.8, 4) is 11.5 Å². The Bertz CT molecular complexity index is 1040. The minimum Gasteiger partial charge on any atom is -0.352 e. The van der Waals surface area contributed by atoms with E-state index in [0.29, 0.717) is 0 Å². The van der Waals surface area contributed by atoms with Crippen LogP contribution in [0.2, 0.25) is 0 Å². The number of nitrogens with one attached hydrogen (secondary N) is 1. The average Bonchev–Trinajstić information content (AvgIpc) is 3.15. The Kier molecular flexibility index (Phi) is 4.06. The number of aromatic amines is 1. The third-order valence-corrected chi connectivity index (χ3v) is 5.04. The van der Waals surface area contributed by atoms with E-state index in [-0.39, 0.29) is 0 Å². The molecule has 4 heteroatoms. The lowest BCUT2D eigenvalue weighted by Crippen LogP contribution is -2.00. The van der Waals surface area contributed by atoms with Crippen molar-refractivity contribution in [3.63, 3.8) is 0 Å². The second kappa shape index (κ2) is 6.37. The first kappa shape index (κ1) is 15.9. The topological polar surface area (TPSA) is 59.6 Å². The molecule has 4 rings (SSSR count). The van der Waals surface area contributed by atoms with Crippen molar-refractivity contribution in [1.29, 1.82) is 0 Å². The number of rotatable bonds is 5. The molecule has 0 saturated carbocycles. The summed E-state index contributed by atoms with van der Waals surface area (Å²) in [4.78, 5) is 8.57. The summed E-state index contributed by atoms with van der Waals surface area (Å²) in [5, 5.41) is 1.30.